The van der Waals surface area contributed by atoms with E-state index in [1.807, 2.05) is 0 Å². The fourth-order valence-corrected chi connectivity index (χ4v) is 4.72. The van der Waals surface area contributed by atoms with Gasteiger partial charge in [-0.2, -0.15) is 0 Å². The van der Waals surface area contributed by atoms with Gasteiger partial charge in [0.1, 0.15) is 0 Å². The first-order valence-electron chi connectivity index (χ1n) is 10.8. The van der Waals surface area contributed by atoms with Crippen molar-refractivity contribution in [2.45, 2.75) is 78.3 Å². The topological polar surface area (TPSA) is 70.7 Å². The van der Waals surface area contributed by atoms with Gasteiger partial charge in [0.25, 0.3) is 0 Å². The summed E-state index contributed by atoms with van der Waals surface area (Å²) in [5.41, 5.74) is 5.06. The number of sulfonamides is 1. The molecule has 0 saturated carbocycles. The van der Waals surface area contributed by atoms with E-state index in [9.17, 15) is 8.42 Å². The van der Waals surface area contributed by atoms with Crippen molar-refractivity contribution in [2.75, 3.05) is 36.4 Å². The Kier molecular flexibility index (Phi) is 8.79. The Balaban J connectivity index is 1.79. The van der Waals surface area contributed by atoms with Crippen LogP contribution in [-0.4, -0.2) is 52.1 Å². The second kappa shape index (κ2) is 10.6. The highest BCUT2D eigenvalue weighted by Crippen LogP contribution is 2.30. The van der Waals surface area contributed by atoms with Gasteiger partial charge in [0, 0.05) is 37.6 Å². The fourth-order valence-electron chi connectivity index (χ4n) is 3.96. The number of ether oxygens (including phenoxy) is 1. The van der Waals surface area contributed by atoms with E-state index in [0.29, 0.717) is 6.54 Å². The number of hydrogen-bond donors (Lipinski definition) is 2. The first-order chi connectivity index (χ1) is 13.6. The molecule has 1 aliphatic heterocycles. The van der Waals surface area contributed by atoms with Crippen molar-refractivity contribution >= 4 is 21.4 Å². The molecule has 2 N–H and O–H groups in total. The van der Waals surface area contributed by atoms with Crippen LogP contribution in [0, 0.1) is 13.8 Å². The lowest BCUT2D eigenvalue weighted by molar-refractivity contribution is -0.00527. The molecule has 7 heteroatoms. The summed E-state index contributed by atoms with van der Waals surface area (Å²) in [6.45, 7) is 15.3. The second-order valence-corrected chi connectivity index (χ2v) is 10.9. The minimum atomic E-state index is -3.14. The summed E-state index contributed by atoms with van der Waals surface area (Å²) in [6.07, 6.45) is 3.37. The molecule has 1 aromatic rings. The molecule has 0 amide bonds. The summed E-state index contributed by atoms with van der Waals surface area (Å²) < 4.78 is 32.0. The van der Waals surface area contributed by atoms with Crippen LogP contribution in [0.1, 0.15) is 58.1 Å². The van der Waals surface area contributed by atoms with E-state index < -0.39 is 10.0 Å². The van der Waals surface area contributed by atoms with Gasteiger partial charge in [-0.1, -0.05) is 6.42 Å². The normalized spacial score (nSPS) is 20.3. The maximum absolute atomic E-state index is 11.7. The highest BCUT2D eigenvalue weighted by atomic mass is 32.2. The summed E-state index contributed by atoms with van der Waals surface area (Å²) in [5, 5.41) is 3.14. The van der Waals surface area contributed by atoms with Crippen molar-refractivity contribution in [3.63, 3.8) is 0 Å². The molecular weight excluding hydrogens is 386 g/mol. The molecule has 166 valence electrons. The molecule has 6 nitrogen and oxygen atoms in total. The fraction of sp³-hybridized carbons (Fsp3) is 0.727. The Morgan fingerprint density at radius 2 is 1.59 bits per heavy atom. The minimum Gasteiger partial charge on any atom is -0.385 e. The number of aryl methyl sites for hydroxylation is 2. The van der Waals surface area contributed by atoms with E-state index in [0.717, 1.165) is 44.6 Å². The van der Waals surface area contributed by atoms with Crippen LogP contribution in [-0.2, 0) is 14.8 Å². The van der Waals surface area contributed by atoms with Crippen molar-refractivity contribution in [3.05, 3.63) is 23.3 Å². The van der Waals surface area contributed by atoms with Gasteiger partial charge in [0.2, 0.25) is 10.0 Å². The van der Waals surface area contributed by atoms with Gasteiger partial charge in [-0.25, -0.2) is 13.1 Å². The van der Waals surface area contributed by atoms with Crippen molar-refractivity contribution < 1.29 is 13.2 Å². The molecule has 0 spiro atoms. The van der Waals surface area contributed by atoms with E-state index in [1.54, 1.807) is 13.8 Å². The first-order valence-corrected chi connectivity index (χ1v) is 12.4. The van der Waals surface area contributed by atoms with E-state index in [2.05, 4.69) is 54.8 Å². The van der Waals surface area contributed by atoms with Crippen molar-refractivity contribution in [1.82, 2.24) is 4.72 Å². The maximum atomic E-state index is 11.7. The van der Waals surface area contributed by atoms with Crippen LogP contribution in [0.3, 0.4) is 0 Å². The van der Waals surface area contributed by atoms with Crippen LogP contribution in [0.5, 0.6) is 0 Å². The number of nitrogens with zero attached hydrogens (tertiary/aromatic N) is 1. The van der Waals surface area contributed by atoms with Gasteiger partial charge in [0.05, 0.1) is 17.5 Å². The quantitative estimate of drug-likeness (QED) is 0.558. The van der Waals surface area contributed by atoms with Crippen LogP contribution in [0.15, 0.2) is 12.1 Å². The smallest absolute Gasteiger partial charge is 0.213 e. The Labute approximate surface area is 177 Å². The molecule has 1 saturated heterocycles. The number of nitrogens with one attached hydrogen (secondary N) is 2. The summed E-state index contributed by atoms with van der Waals surface area (Å²) in [7, 11) is -3.14. The number of rotatable bonds is 10. The average molecular weight is 426 g/mol. The third kappa shape index (κ3) is 7.15. The predicted molar refractivity (Wildman–Crippen MR) is 123 cm³/mol. The van der Waals surface area contributed by atoms with Gasteiger partial charge >= 0.3 is 0 Å². The molecule has 29 heavy (non-hydrogen) atoms. The summed E-state index contributed by atoms with van der Waals surface area (Å²) in [4.78, 5) is 2.45. The van der Waals surface area contributed by atoms with Crippen molar-refractivity contribution in [1.29, 1.82) is 0 Å². The largest absolute Gasteiger partial charge is 0.385 e. The summed E-state index contributed by atoms with van der Waals surface area (Å²) in [5.74, 6) is 0. The van der Waals surface area contributed by atoms with Gasteiger partial charge in [-0.15, -0.1) is 0 Å². The Morgan fingerprint density at radius 3 is 2.14 bits per heavy atom. The molecule has 0 bridgehead atoms. The molecule has 0 radical (unpaired) electrons. The highest BCUT2D eigenvalue weighted by molar-refractivity contribution is 7.90. The van der Waals surface area contributed by atoms with E-state index in [1.165, 1.54) is 16.8 Å². The lowest BCUT2D eigenvalue weighted by Crippen LogP contribution is -2.46. The zero-order chi connectivity index (χ0) is 21.6. The molecule has 0 unspecified atom stereocenters. The number of morpholine rings is 1. The monoisotopic (exact) mass is 425 g/mol. The maximum Gasteiger partial charge on any atom is 0.213 e. The van der Waals surface area contributed by atoms with Crippen LogP contribution < -0.4 is 14.9 Å². The van der Waals surface area contributed by atoms with Crippen molar-refractivity contribution in [3.8, 4) is 0 Å². The SMILES string of the molecule is Cc1cc(NCCCCCNS(=O)(=O)C(C)C)cc(C)c1N1C[C@@H](C)O[C@@H](C)C1. The predicted octanol–water partition coefficient (Wildman–Crippen LogP) is 3.83. The first kappa shape index (κ1) is 24.0. The van der Waals surface area contributed by atoms with Crippen LogP contribution >= 0.6 is 0 Å². The van der Waals surface area contributed by atoms with Crippen LogP contribution in [0.2, 0.25) is 0 Å². The van der Waals surface area contributed by atoms with E-state index >= 15 is 0 Å². The lowest BCUT2D eigenvalue weighted by atomic mass is 10.0. The van der Waals surface area contributed by atoms with Gasteiger partial charge in [-0.3, -0.25) is 0 Å². The third-order valence-electron chi connectivity index (χ3n) is 5.33. The zero-order valence-corrected chi connectivity index (χ0v) is 19.7. The summed E-state index contributed by atoms with van der Waals surface area (Å²) in [6, 6.07) is 4.45. The van der Waals surface area contributed by atoms with Crippen LogP contribution in [0.25, 0.3) is 0 Å². The molecule has 2 atom stereocenters. The molecule has 1 aromatic carbocycles. The highest BCUT2D eigenvalue weighted by Gasteiger charge is 2.24. The lowest BCUT2D eigenvalue weighted by Gasteiger charge is -2.38. The standard InChI is InChI=1S/C22H39N3O3S/c1-16(2)29(26,27)24-11-9-7-8-10-23-21-12-17(3)22(18(4)13-21)25-14-19(5)28-20(6)15-25/h12-13,16,19-20,23-24H,7-11,14-15H2,1-6H3/t19-,20+. The number of anilines is 2. The number of benzene rings is 1. The molecule has 1 heterocycles. The molecule has 2 rings (SSSR count). The van der Waals surface area contributed by atoms with Crippen molar-refractivity contribution in [2.24, 2.45) is 0 Å². The molecule has 1 aliphatic rings. The Bertz CT molecular complexity index is 732. The van der Waals surface area contributed by atoms with Gasteiger partial charge in [0.15, 0.2) is 0 Å². The van der Waals surface area contributed by atoms with E-state index in [-0.39, 0.29) is 17.5 Å². The Hall–Kier alpha value is -1.31. The molecule has 0 aromatic heterocycles. The van der Waals surface area contributed by atoms with Gasteiger partial charge in [-0.05, 0) is 77.6 Å². The second-order valence-electron chi connectivity index (χ2n) is 8.60. The van der Waals surface area contributed by atoms with Gasteiger partial charge < -0.3 is 15.0 Å². The number of unbranched alkanes of at least 4 members (excludes halogenated alkanes) is 2. The van der Waals surface area contributed by atoms with E-state index in [4.69, 9.17) is 4.74 Å². The molecule has 0 aliphatic carbocycles. The average Bonchev–Trinajstić information content (AvgIpc) is 2.59. The zero-order valence-electron chi connectivity index (χ0n) is 18.9. The minimum absolute atomic E-state index is 0.250. The number of hydrogen-bond acceptors (Lipinski definition) is 5. The Morgan fingerprint density at radius 1 is 1.03 bits per heavy atom. The van der Waals surface area contributed by atoms with Crippen LogP contribution in [0.4, 0.5) is 11.4 Å². The third-order valence-corrected chi connectivity index (χ3v) is 7.18. The molecular formula is C22H39N3O3S. The summed E-state index contributed by atoms with van der Waals surface area (Å²) >= 11 is 0. The molecule has 1 fully saturated rings.